The second-order valence-corrected chi connectivity index (χ2v) is 1.60. The van der Waals surface area contributed by atoms with Gasteiger partial charge >= 0.3 is 0 Å². The van der Waals surface area contributed by atoms with E-state index in [1.54, 1.807) is 7.11 Å². The molecular weight excluding hydrogens is 102 g/mol. The maximum absolute atomic E-state index is 5.30. The molecule has 0 aromatic carbocycles. The normalized spacial score (nSPS) is 11.5. The minimum atomic E-state index is 0.520. The lowest BCUT2D eigenvalue weighted by molar-refractivity contribution is 0.285. The van der Waals surface area contributed by atoms with Crippen molar-refractivity contribution in [3.05, 3.63) is 12.0 Å². The van der Waals surface area contributed by atoms with Crippen LogP contribution in [0.25, 0.3) is 0 Å². The Hall–Kier alpha value is -0.660. The van der Waals surface area contributed by atoms with Gasteiger partial charge in [-0.15, -0.1) is 0 Å². The number of nitrogens with two attached hydrogens (primary N) is 1. The zero-order chi connectivity index (χ0) is 6.41. The fourth-order valence-corrected chi connectivity index (χ4v) is 0.370. The van der Waals surface area contributed by atoms with Crippen molar-refractivity contribution in [3.63, 3.8) is 0 Å². The van der Waals surface area contributed by atoms with Crippen LogP contribution in [0.15, 0.2) is 12.0 Å². The van der Waals surface area contributed by atoms with Crippen molar-refractivity contribution in [1.29, 1.82) is 0 Å². The molecule has 0 unspecified atom stereocenters. The summed E-state index contributed by atoms with van der Waals surface area (Å²) in [5.41, 5.74) is 5.30. The number of unbranched alkanes of at least 4 members (excludes halogenated alkanes) is 1. The summed E-state index contributed by atoms with van der Waals surface area (Å²) in [6, 6.07) is 0. The number of ether oxygens (including phenoxy) is 1. The van der Waals surface area contributed by atoms with Crippen LogP contribution < -0.4 is 5.73 Å². The van der Waals surface area contributed by atoms with Crippen LogP contribution in [0, 0.1) is 0 Å². The van der Waals surface area contributed by atoms with E-state index in [4.69, 9.17) is 10.5 Å². The summed E-state index contributed by atoms with van der Waals surface area (Å²) in [5.74, 6) is 0.520. The minimum absolute atomic E-state index is 0.520. The lowest BCUT2D eigenvalue weighted by atomic mass is 10.3. The topological polar surface area (TPSA) is 35.2 Å². The molecule has 2 nitrogen and oxygen atoms in total. The van der Waals surface area contributed by atoms with Gasteiger partial charge in [0.15, 0.2) is 5.88 Å². The molecule has 0 aliphatic rings. The average Bonchev–Trinajstić information content (AvgIpc) is 1.83. The van der Waals surface area contributed by atoms with Crippen LogP contribution >= 0.6 is 0 Å². The van der Waals surface area contributed by atoms with Crippen molar-refractivity contribution in [2.75, 3.05) is 7.11 Å². The molecule has 0 amide bonds. The Morgan fingerprint density at radius 2 is 2.38 bits per heavy atom. The van der Waals surface area contributed by atoms with Crippen molar-refractivity contribution in [2.24, 2.45) is 5.73 Å². The van der Waals surface area contributed by atoms with E-state index in [0.717, 1.165) is 12.8 Å². The molecule has 2 heteroatoms. The number of methoxy groups -OCH3 is 1. The zero-order valence-electron chi connectivity index (χ0n) is 5.48. The Balaban J connectivity index is 3.26. The van der Waals surface area contributed by atoms with E-state index in [9.17, 15) is 0 Å². The first-order valence-corrected chi connectivity index (χ1v) is 2.81. The van der Waals surface area contributed by atoms with Crippen LogP contribution in [0.1, 0.15) is 19.8 Å². The van der Waals surface area contributed by atoms with E-state index in [2.05, 4.69) is 6.92 Å². The van der Waals surface area contributed by atoms with Gasteiger partial charge in [0, 0.05) is 0 Å². The van der Waals surface area contributed by atoms with E-state index >= 15 is 0 Å². The van der Waals surface area contributed by atoms with Crippen LogP contribution in [0.5, 0.6) is 0 Å². The number of hydrogen-bond donors (Lipinski definition) is 1. The summed E-state index contributed by atoms with van der Waals surface area (Å²) in [6.45, 7) is 2.10. The second-order valence-electron chi connectivity index (χ2n) is 1.60. The lowest BCUT2D eigenvalue weighted by Crippen LogP contribution is -1.97. The van der Waals surface area contributed by atoms with Gasteiger partial charge in [-0.05, 0) is 12.5 Å². The molecule has 0 saturated heterocycles. The summed E-state index contributed by atoms with van der Waals surface area (Å²) in [6.07, 6.45) is 3.99. The lowest BCUT2D eigenvalue weighted by Gasteiger charge is -1.95. The van der Waals surface area contributed by atoms with Crippen molar-refractivity contribution >= 4 is 0 Å². The maximum Gasteiger partial charge on any atom is 0.179 e. The molecule has 0 spiro atoms. The van der Waals surface area contributed by atoms with Gasteiger partial charge in [0.05, 0.1) is 7.11 Å². The summed E-state index contributed by atoms with van der Waals surface area (Å²) in [5, 5.41) is 0. The van der Waals surface area contributed by atoms with E-state index in [1.165, 1.54) is 0 Å². The molecule has 0 heterocycles. The van der Waals surface area contributed by atoms with Crippen LogP contribution in [-0.4, -0.2) is 7.11 Å². The van der Waals surface area contributed by atoms with Gasteiger partial charge in [0.25, 0.3) is 0 Å². The standard InChI is InChI=1S/C6H13NO/c1-3-4-5-6(7)8-2/h5H,3-4,7H2,1-2H3/b6-5+. The molecule has 0 fully saturated rings. The van der Waals surface area contributed by atoms with Gasteiger partial charge in [-0.2, -0.15) is 0 Å². The van der Waals surface area contributed by atoms with Gasteiger partial charge < -0.3 is 10.5 Å². The SMILES string of the molecule is CCC/C=C(\N)OC. The van der Waals surface area contributed by atoms with E-state index in [-0.39, 0.29) is 0 Å². The van der Waals surface area contributed by atoms with Gasteiger partial charge in [-0.1, -0.05) is 13.3 Å². The molecule has 0 radical (unpaired) electrons. The Labute approximate surface area is 50.3 Å². The Morgan fingerprint density at radius 1 is 1.75 bits per heavy atom. The largest absolute Gasteiger partial charge is 0.483 e. The smallest absolute Gasteiger partial charge is 0.179 e. The van der Waals surface area contributed by atoms with E-state index in [0.29, 0.717) is 5.88 Å². The van der Waals surface area contributed by atoms with Gasteiger partial charge in [-0.3, -0.25) is 0 Å². The molecule has 0 aliphatic heterocycles. The molecule has 0 rings (SSSR count). The predicted molar refractivity (Wildman–Crippen MR) is 34.2 cm³/mol. The molecular formula is C6H13NO. The fraction of sp³-hybridized carbons (Fsp3) is 0.667. The molecule has 0 bridgehead atoms. The van der Waals surface area contributed by atoms with Gasteiger partial charge in [-0.25, -0.2) is 0 Å². The zero-order valence-corrected chi connectivity index (χ0v) is 5.48. The van der Waals surface area contributed by atoms with Gasteiger partial charge in [0.1, 0.15) is 0 Å². The third-order valence-electron chi connectivity index (χ3n) is 0.870. The van der Waals surface area contributed by atoms with Crippen LogP contribution in [0.3, 0.4) is 0 Å². The highest BCUT2D eigenvalue weighted by Crippen LogP contribution is 1.91. The quantitative estimate of drug-likeness (QED) is 0.561. The molecule has 0 atom stereocenters. The molecule has 8 heavy (non-hydrogen) atoms. The summed E-state index contributed by atoms with van der Waals surface area (Å²) < 4.78 is 4.69. The molecule has 0 saturated carbocycles. The highest BCUT2D eigenvalue weighted by Gasteiger charge is 1.80. The monoisotopic (exact) mass is 115 g/mol. The third kappa shape index (κ3) is 3.53. The second kappa shape index (κ2) is 4.50. The van der Waals surface area contributed by atoms with Crippen molar-refractivity contribution < 1.29 is 4.74 Å². The minimum Gasteiger partial charge on any atom is -0.483 e. The van der Waals surface area contributed by atoms with Gasteiger partial charge in [0.2, 0.25) is 0 Å². The van der Waals surface area contributed by atoms with Crippen molar-refractivity contribution in [2.45, 2.75) is 19.8 Å². The van der Waals surface area contributed by atoms with Crippen molar-refractivity contribution in [3.8, 4) is 0 Å². The number of rotatable bonds is 3. The van der Waals surface area contributed by atoms with E-state index < -0.39 is 0 Å². The van der Waals surface area contributed by atoms with Crippen molar-refractivity contribution in [1.82, 2.24) is 0 Å². The first-order valence-electron chi connectivity index (χ1n) is 2.81. The maximum atomic E-state index is 5.30. The van der Waals surface area contributed by atoms with Crippen LogP contribution in [-0.2, 0) is 4.74 Å². The van der Waals surface area contributed by atoms with E-state index in [1.807, 2.05) is 6.08 Å². The average molecular weight is 115 g/mol. The molecule has 48 valence electrons. The Bertz CT molecular complexity index is 78.6. The first kappa shape index (κ1) is 7.34. The molecule has 0 aromatic heterocycles. The highest BCUT2D eigenvalue weighted by molar-refractivity contribution is 4.85. The molecule has 0 aliphatic carbocycles. The summed E-state index contributed by atoms with van der Waals surface area (Å²) in [4.78, 5) is 0. The fourth-order valence-electron chi connectivity index (χ4n) is 0.370. The number of hydrogen-bond acceptors (Lipinski definition) is 2. The molecule has 0 aromatic rings. The molecule has 2 N–H and O–H groups in total. The predicted octanol–water partition coefficient (Wildman–Crippen LogP) is 1.23. The summed E-state index contributed by atoms with van der Waals surface area (Å²) >= 11 is 0. The highest BCUT2D eigenvalue weighted by atomic mass is 16.5. The van der Waals surface area contributed by atoms with Crippen LogP contribution in [0.2, 0.25) is 0 Å². The Morgan fingerprint density at radius 3 is 2.75 bits per heavy atom. The van der Waals surface area contributed by atoms with Crippen LogP contribution in [0.4, 0.5) is 0 Å². The first-order chi connectivity index (χ1) is 3.81. The Kier molecular flexibility index (Phi) is 4.13. The number of allylic oxidation sites excluding steroid dienone is 1. The summed E-state index contributed by atoms with van der Waals surface area (Å²) in [7, 11) is 1.57. The third-order valence-corrected chi connectivity index (χ3v) is 0.870.